The number of rotatable bonds is 3. The molecule has 0 saturated heterocycles. The monoisotopic (exact) mass is 380 g/mol. The van der Waals surface area contributed by atoms with E-state index in [9.17, 15) is 4.79 Å². The Morgan fingerprint density at radius 2 is 1.50 bits per heavy atom. The van der Waals surface area contributed by atoms with Crippen LogP contribution in [-0.2, 0) is 4.74 Å². The van der Waals surface area contributed by atoms with Crippen LogP contribution in [-0.4, -0.2) is 57.5 Å². The quantitative estimate of drug-likeness (QED) is 0.310. The summed E-state index contributed by atoms with van der Waals surface area (Å²) in [5, 5.41) is 7.78. The zero-order valence-corrected chi connectivity index (χ0v) is 17.3. The minimum Gasteiger partial charge on any atom is -0.432 e. The Balaban J connectivity index is 0.00000192. The van der Waals surface area contributed by atoms with Crippen LogP contribution in [0.25, 0.3) is 22.2 Å². The smallest absolute Gasteiger partial charge is 0.432 e. The number of para-hydroxylation sites is 1. The minimum atomic E-state index is -0.812. The molecule has 133 valence electrons. The van der Waals surface area contributed by atoms with Crippen molar-refractivity contribution >= 4 is 46.7 Å². The van der Waals surface area contributed by atoms with Crippen LogP contribution in [0.2, 0.25) is 0 Å². The fourth-order valence-corrected chi connectivity index (χ4v) is 3.60. The first-order valence-electron chi connectivity index (χ1n) is 8.65. The van der Waals surface area contributed by atoms with Gasteiger partial charge in [0.05, 0.1) is 0 Å². The van der Waals surface area contributed by atoms with Crippen molar-refractivity contribution in [3.8, 4) is 11.1 Å². The second kappa shape index (κ2) is 7.75. The molecule has 0 aliphatic heterocycles. The molecule has 28 heavy (non-hydrogen) atoms. The molecule has 4 aromatic rings. The van der Waals surface area contributed by atoms with Gasteiger partial charge in [-0.2, -0.15) is 0 Å². The first kappa shape index (κ1) is 18.7. The maximum atomic E-state index is 12.2. The van der Waals surface area contributed by atoms with Crippen molar-refractivity contribution in [1.29, 1.82) is 0 Å². The van der Waals surface area contributed by atoms with E-state index >= 15 is 0 Å². The summed E-state index contributed by atoms with van der Waals surface area (Å²) in [6.45, 7) is 0.194. The van der Waals surface area contributed by atoms with Gasteiger partial charge in [-0.15, -0.1) is 5.10 Å². The molecule has 0 N–H and O–H groups in total. The average molecular weight is 380 g/mol. The molecule has 6 nitrogen and oxygen atoms in total. The predicted molar refractivity (Wildman–Crippen MR) is 105 cm³/mol. The zero-order chi connectivity index (χ0) is 18.2. The van der Waals surface area contributed by atoms with Crippen molar-refractivity contribution in [2.45, 2.75) is 5.92 Å². The molecule has 0 amide bonds. The van der Waals surface area contributed by atoms with E-state index in [0.717, 1.165) is 16.0 Å². The molecule has 1 aromatic heterocycles. The maximum absolute atomic E-state index is 12.2. The first-order chi connectivity index (χ1) is 13.3. The summed E-state index contributed by atoms with van der Waals surface area (Å²) < 4.78 is 5.41. The fraction of sp³-hybridized carbons (Fsp3) is 0.0952. The summed E-state index contributed by atoms with van der Waals surface area (Å²) >= 11 is 0. The van der Waals surface area contributed by atoms with Gasteiger partial charge in [-0.25, -0.2) is 4.79 Å². The number of benzene rings is 3. The second-order valence-corrected chi connectivity index (χ2v) is 6.33. The Bertz CT molecular complexity index is 1110. The van der Waals surface area contributed by atoms with Crippen LogP contribution in [0.3, 0.4) is 0 Å². The first-order valence-corrected chi connectivity index (χ1v) is 8.65. The van der Waals surface area contributed by atoms with Crippen molar-refractivity contribution in [1.82, 2.24) is 15.2 Å². The van der Waals surface area contributed by atoms with Gasteiger partial charge in [0, 0.05) is 35.5 Å². The van der Waals surface area contributed by atoms with Crippen LogP contribution in [0, 0.1) is 0 Å². The van der Waals surface area contributed by atoms with Crippen LogP contribution in [0.4, 0.5) is 4.79 Å². The molecular weight excluding hydrogens is 365 g/mol. The second-order valence-electron chi connectivity index (χ2n) is 6.33. The number of hydrogen-bond acceptors (Lipinski definition) is 5. The number of ether oxygens (including phenoxy) is 1. The molecule has 1 aliphatic rings. The van der Waals surface area contributed by atoms with Crippen molar-refractivity contribution in [2.24, 2.45) is 0 Å². The molecule has 0 bridgehead atoms. The molecule has 0 atom stereocenters. The van der Waals surface area contributed by atoms with Crippen LogP contribution in [0.5, 0.6) is 0 Å². The standard InChI is InChI=1S/C21H15N3O3.Na/c25-21(27-24-20-12-6-5-11-19(20)22-23-24)26-13-18-16-9-3-1-7-14(16)15-8-2-4-10-17(15)18;/h1-12,18H,13H2;. The van der Waals surface area contributed by atoms with Crippen molar-refractivity contribution < 1.29 is 14.4 Å². The van der Waals surface area contributed by atoms with Gasteiger partial charge in [-0.05, 0) is 39.6 Å². The van der Waals surface area contributed by atoms with E-state index in [1.165, 1.54) is 11.1 Å². The maximum Gasteiger partial charge on any atom is 0.535 e. The summed E-state index contributed by atoms with van der Waals surface area (Å²) in [6, 6.07) is 23.6. The minimum absolute atomic E-state index is 0. The average Bonchev–Trinajstić information content (AvgIpc) is 3.26. The van der Waals surface area contributed by atoms with Crippen molar-refractivity contribution in [3.63, 3.8) is 0 Å². The zero-order valence-electron chi connectivity index (χ0n) is 15.3. The number of carbonyl (C=O) groups is 1. The molecule has 7 heteroatoms. The van der Waals surface area contributed by atoms with E-state index in [-0.39, 0.29) is 42.1 Å². The number of nitrogens with zero attached hydrogens (tertiary/aromatic N) is 3. The largest absolute Gasteiger partial charge is 0.535 e. The van der Waals surface area contributed by atoms with Gasteiger partial charge in [-0.3, -0.25) is 4.84 Å². The van der Waals surface area contributed by atoms with Gasteiger partial charge < -0.3 is 4.74 Å². The molecule has 3 aromatic carbocycles. The van der Waals surface area contributed by atoms with Crippen LogP contribution < -0.4 is 4.84 Å². The summed E-state index contributed by atoms with van der Waals surface area (Å²) in [4.78, 5) is 18.5. The molecule has 1 radical (unpaired) electrons. The van der Waals surface area contributed by atoms with Crippen LogP contribution in [0.1, 0.15) is 17.0 Å². The van der Waals surface area contributed by atoms with E-state index < -0.39 is 6.16 Å². The Morgan fingerprint density at radius 3 is 2.21 bits per heavy atom. The molecule has 1 heterocycles. The fourth-order valence-electron chi connectivity index (χ4n) is 3.60. The Morgan fingerprint density at radius 1 is 0.893 bits per heavy atom. The van der Waals surface area contributed by atoms with E-state index in [0.29, 0.717) is 11.0 Å². The molecular formula is C21H15N3NaO3. The molecule has 0 fully saturated rings. The van der Waals surface area contributed by atoms with Crippen molar-refractivity contribution in [3.05, 3.63) is 83.9 Å². The van der Waals surface area contributed by atoms with Gasteiger partial charge >= 0.3 is 6.16 Å². The van der Waals surface area contributed by atoms with E-state index in [1.807, 2.05) is 36.4 Å². The third-order valence-electron chi connectivity index (χ3n) is 4.81. The number of carbonyl (C=O) groups excluding carboxylic acids is 1. The SMILES string of the molecule is O=C(OCC1c2ccccc2-c2ccccc21)On1nnc2ccccc21.[Na]. The van der Waals surface area contributed by atoms with Crippen LogP contribution >= 0.6 is 0 Å². The topological polar surface area (TPSA) is 66.2 Å². The number of aromatic nitrogens is 3. The van der Waals surface area contributed by atoms with Gasteiger partial charge in [0.25, 0.3) is 0 Å². The van der Waals surface area contributed by atoms with E-state index in [2.05, 4.69) is 34.6 Å². The Labute approximate surface area is 183 Å². The third kappa shape index (κ3) is 3.20. The Hall–Kier alpha value is -2.67. The van der Waals surface area contributed by atoms with Gasteiger partial charge in [-0.1, -0.05) is 65.5 Å². The molecule has 0 unspecified atom stereocenters. The number of hydrogen-bond donors (Lipinski definition) is 0. The van der Waals surface area contributed by atoms with Gasteiger partial charge in [0.15, 0.2) is 0 Å². The molecule has 0 spiro atoms. The van der Waals surface area contributed by atoms with E-state index in [4.69, 9.17) is 9.57 Å². The number of fused-ring (bicyclic) bond motifs is 4. The van der Waals surface area contributed by atoms with Crippen LogP contribution in [0.15, 0.2) is 72.8 Å². The molecule has 0 saturated carbocycles. The third-order valence-corrected chi connectivity index (χ3v) is 4.81. The normalized spacial score (nSPS) is 12.1. The molecule has 1 aliphatic carbocycles. The van der Waals surface area contributed by atoms with Gasteiger partial charge in [0.1, 0.15) is 17.6 Å². The summed E-state index contributed by atoms with van der Waals surface area (Å²) in [5.74, 6) is -0.0163. The summed E-state index contributed by atoms with van der Waals surface area (Å²) in [6.07, 6.45) is -0.812. The summed E-state index contributed by atoms with van der Waals surface area (Å²) in [5.41, 5.74) is 5.90. The van der Waals surface area contributed by atoms with Gasteiger partial charge in [0.2, 0.25) is 0 Å². The summed E-state index contributed by atoms with van der Waals surface area (Å²) in [7, 11) is 0. The molecule has 5 rings (SSSR count). The van der Waals surface area contributed by atoms with Crippen molar-refractivity contribution in [2.75, 3.05) is 6.61 Å². The van der Waals surface area contributed by atoms with E-state index in [1.54, 1.807) is 12.1 Å². The Kier molecular flexibility index (Phi) is 5.17. The predicted octanol–water partition coefficient (Wildman–Crippen LogP) is 3.43.